The lowest BCUT2D eigenvalue weighted by atomic mass is 10.2. The summed E-state index contributed by atoms with van der Waals surface area (Å²) in [5.41, 5.74) is 2.67. The van der Waals surface area contributed by atoms with Crippen molar-refractivity contribution in [2.24, 2.45) is 0 Å². The number of carbonyl (C=O) groups is 1. The van der Waals surface area contributed by atoms with Crippen LogP contribution in [0, 0.1) is 6.92 Å². The maximum Gasteiger partial charge on any atom is 0.243 e. The highest BCUT2D eigenvalue weighted by Gasteiger charge is 2.06. The van der Waals surface area contributed by atoms with Crippen LogP contribution in [0.4, 0.5) is 11.4 Å². The first kappa shape index (κ1) is 16.4. The largest absolute Gasteiger partial charge is 0.492 e. The van der Waals surface area contributed by atoms with E-state index in [2.05, 4.69) is 26.6 Å². The average Bonchev–Trinajstić information content (AvgIpc) is 2.50. The summed E-state index contributed by atoms with van der Waals surface area (Å²) in [5, 5.41) is 5.97. The van der Waals surface area contributed by atoms with Gasteiger partial charge >= 0.3 is 0 Å². The van der Waals surface area contributed by atoms with Crippen LogP contribution in [0.25, 0.3) is 0 Å². The Balaban J connectivity index is 1.94. The van der Waals surface area contributed by atoms with Crippen LogP contribution in [0.2, 0.25) is 0 Å². The molecule has 116 valence electrons. The van der Waals surface area contributed by atoms with E-state index in [1.165, 1.54) is 0 Å². The number of aryl methyl sites for hydroxylation is 1. The molecule has 0 aromatic heterocycles. The first-order chi connectivity index (χ1) is 10.6. The molecule has 1 amide bonds. The Hall–Kier alpha value is -2.01. The van der Waals surface area contributed by atoms with Crippen LogP contribution in [0.5, 0.6) is 5.75 Å². The van der Waals surface area contributed by atoms with Gasteiger partial charge in [-0.3, -0.25) is 4.79 Å². The smallest absolute Gasteiger partial charge is 0.243 e. The number of carbonyl (C=O) groups excluding carboxylic acids is 1. The molecule has 2 rings (SSSR count). The lowest BCUT2D eigenvalue weighted by Crippen LogP contribution is -2.22. The number of para-hydroxylation sites is 2. The van der Waals surface area contributed by atoms with Gasteiger partial charge in [0.1, 0.15) is 5.75 Å². The number of ether oxygens (including phenoxy) is 1. The van der Waals surface area contributed by atoms with Gasteiger partial charge in [-0.1, -0.05) is 28.1 Å². The summed E-state index contributed by atoms with van der Waals surface area (Å²) in [6.07, 6.45) is 0. The van der Waals surface area contributed by atoms with Crippen molar-refractivity contribution in [3.05, 3.63) is 52.5 Å². The Morgan fingerprint density at radius 2 is 2.00 bits per heavy atom. The number of benzene rings is 2. The molecular weight excluding hydrogens is 344 g/mol. The second-order valence-corrected chi connectivity index (χ2v) is 5.65. The number of hydrogen-bond acceptors (Lipinski definition) is 3. The van der Waals surface area contributed by atoms with Crippen LogP contribution in [-0.4, -0.2) is 19.1 Å². The van der Waals surface area contributed by atoms with Crippen molar-refractivity contribution in [3.8, 4) is 5.75 Å². The third kappa shape index (κ3) is 4.49. The number of amides is 1. The van der Waals surface area contributed by atoms with Gasteiger partial charge in [-0.25, -0.2) is 0 Å². The van der Waals surface area contributed by atoms with Crippen molar-refractivity contribution in [2.45, 2.75) is 13.8 Å². The molecule has 0 saturated heterocycles. The molecule has 2 N–H and O–H groups in total. The van der Waals surface area contributed by atoms with E-state index in [0.29, 0.717) is 6.61 Å². The summed E-state index contributed by atoms with van der Waals surface area (Å²) >= 11 is 3.44. The van der Waals surface area contributed by atoms with Crippen molar-refractivity contribution < 1.29 is 9.53 Å². The van der Waals surface area contributed by atoms with E-state index in [-0.39, 0.29) is 12.5 Å². The first-order valence-corrected chi connectivity index (χ1v) is 7.91. The Morgan fingerprint density at radius 3 is 2.73 bits per heavy atom. The van der Waals surface area contributed by atoms with Gasteiger partial charge in [-0.2, -0.15) is 0 Å². The molecule has 0 spiro atoms. The van der Waals surface area contributed by atoms with Crippen LogP contribution in [0.15, 0.2) is 46.9 Å². The molecule has 22 heavy (non-hydrogen) atoms. The summed E-state index contributed by atoms with van der Waals surface area (Å²) < 4.78 is 6.54. The molecule has 0 saturated carbocycles. The molecule has 0 heterocycles. The van der Waals surface area contributed by atoms with E-state index in [1.807, 2.05) is 56.3 Å². The van der Waals surface area contributed by atoms with Crippen LogP contribution in [0.1, 0.15) is 12.5 Å². The standard InChI is InChI=1S/C17H19BrN2O2/c1-3-22-16-7-5-4-6-15(16)19-11-17(21)20-13-8-9-14(18)12(2)10-13/h4-10,19H,3,11H2,1-2H3,(H,20,21). The SMILES string of the molecule is CCOc1ccccc1NCC(=O)Nc1ccc(Br)c(C)c1. The molecule has 4 nitrogen and oxygen atoms in total. The minimum Gasteiger partial charge on any atom is -0.492 e. The fraction of sp³-hybridized carbons (Fsp3) is 0.235. The van der Waals surface area contributed by atoms with Crippen molar-refractivity contribution >= 4 is 33.2 Å². The summed E-state index contributed by atoms with van der Waals surface area (Å²) in [6, 6.07) is 13.3. The molecule has 5 heteroatoms. The highest BCUT2D eigenvalue weighted by molar-refractivity contribution is 9.10. The average molecular weight is 363 g/mol. The molecule has 2 aromatic rings. The zero-order valence-corrected chi connectivity index (χ0v) is 14.2. The number of rotatable bonds is 6. The topological polar surface area (TPSA) is 50.4 Å². The molecule has 0 aliphatic rings. The Bertz CT molecular complexity index is 659. The van der Waals surface area contributed by atoms with Gasteiger partial charge in [0, 0.05) is 10.2 Å². The fourth-order valence-corrected chi connectivity index (χ4v) is 2.24. The molecular formula is C17H19BrN2O2. The van der Waals surface area contributed by atoms with Gasteiger partial charge in [0.25, 0.3) is 0 Å². The third-order valence-electron chi connectivity index (χ3n) is 3.07. The lowest BCUT2D eigenvalue weighted by molar-refractivity contribution is -0.114. The maximum absolute atomic E-state index is 12.0. The van der Waals surface area contributed by atoms with Gasteiger partial charge in [0.15, 0.2) is 0 Å². The highest BCUT2D eigenvalue weighted by atomic mass is 79.9. The van der Waals surface area contributed by atoms with Crippen LogP contribution < -0.4 is 15.4 Å². The lowest BCUT2D eigenvalue weighted by Gasteiger charge is -2.12. The van der Waals surface area contributed by atoms with Crippen LogP contribution in [0.3, 0.4) is 0 Å². The summed E-state index contributed by atoms with van der Waals surface area (Å²) in [4.78, 5) is 12.0. The monoisotopic (exact) mass is 362 g/mol. The quantitative estimate of drug-likeness (QED) is 0.809. The van der Waals surface area contributed by atoms with Crippen molar-refractivity contribution in [2.75, 3.05) is 23.8 Å². The summed E-state index contributed by atoms with van der Waals surface area (Å²) in [7, 11) is 0. The predicted molar refractivity (Wildman–Crippen MR) is 93.6 cm³/mol. The minimum atomic E-state index is -0.104. The minimum absolute atomic E-state index is 0.104. The Labute approximate surface area is 139 Å². The van der Waals surface area contributed by atoms with Gasteiger partial charge in [0.05, 0.1) is 18.8 Å². The van der Waals surface area contributed by atoms with Crippen LogP contribution in [-0.2, 0) is 4.79 Å². The van der Waals surface area contributed by atoms with Crippen molar-refractivity contribution in [3.63, 3.8) is 0 Å². The van der Waals surface area contributed by atoms with Gasteiger partial charge in [-0.05, 0) is 49.7 Å². The first-order valence-electron chi connectivity index (χ1n) is 7.12. The van der Waals surface area contributed by atoms with Crippen molar-refractivity contribution in [1.29, 1.82) is 0 Å². The van der Waals surface area contributed by atoms with E-state index in [4.69, 9.17) is 4.74 Å². The zero-order chi connectivity index (χ0) is 15.9. The zero-order valence-electron chi connectivity index (χ0n) is 12.7. The normalized spacial score (nSPS) is 10.1. The second kappa shape index (κ2) is 7.84. The van der Waals surface area contributed by atoms with E-state index in [9.17, 15) is 4.79 Å². The van der Waals surface area contributed by atoms with Gasteiger partial charge in [-0.15, -0.1) is 0 Å². The summed E-state index contributed by atoms with van der Waals surface area (Å²) in [5.74, 6) is 0.644. The molecule has 0 radical (unpaired) electrons. The van der Waals surface area contributed by atoms with Gasteiger partial charge < -0.3 is 15.4 Å². The van der Waals surface area contributed by atoms with Crippen LogP contribution >= 0.6 is 15.9 Å². The molecule has 0 aliphatic carbocycles. The maximum atomic E-state index is 12.0. The molecule has 0 unspecified atom stereocenters. The summed E-state index contributed by atoms with van der Waals surface area (Å²) in [6.45, 7) is 4.68. The number of nitrogens with one attached hydrogen (secondary N) is 2. The molecule has 0 bridgehead atoms. The number of halogens is 1. The van der Waals surface area contributed by atoms with Gasteiger partial charge in [0.2, 0.25) is 5.91 Å². The third-order valence-corrected chi connectivity index (χ3v) is 3.96. The van der Waals surface area contributed by atoms with E-state index in [1.54, 1.807) is 0 Å². The Morgan fingerprint density at radius 1 is 1.23 bits per heavy atom. The van der Waals surface area contributed by atoms with Crippen molar-refractivity contribution in [1.82, 2.24) is 0 Å². The van der Waals surface area contributed by atoms with E-state index >= 15 is 0 Å². The molecule has 2 aromatic carbocycles. The predicted octanol–water partition coefficient (Wildman–Crippen LogP) is 4.21. The molecule has 0 atom stereocenters. The number of anilines is 2. The highest BCUT2D eigenvalue weighted by Crippen LogP contribution is 2.23. The van der Waals surface area contributed by atoms with E-state index < -0.39 is 0 Å². The number of hydrogen-bond donors (Lipinski definition) is 2. The second-order valence-electron chi connectivity index (χ2n) is 4.79. The molecule has 0 fully saturated rings. The molecule has 0 aliphatic heterocycles. The Kier molecular flexibility index (Phi) is 5.83. The fourth-order valence-electron chi connectivity index (χ4n) is 2.00. The van der Waals surface area contributed by atoms with E-state index in [0.717, 1.165) is 27.2 Å².